The summed E-state index contributed by atoms with van der Waals surface area (Å²) in [6.45, 7) is 3.73. The molecule has 0 bridgehead atoms. The Labute approximate surface area is 258 Å². The number of hydrogen-bond donors (Lipinski definition) is 7. The highest BCUT2D eigenvalue weighted by molar-refractivity contribution is 5.87. The molecule has 3 heterocycles. The lowest BCUT2D eigenvalue weighted by Gasteiger charge is -2.27. The van der Waals surface area contributed by atoms with Crippen molar-refractivity contribution in [3.05, 3.63) is 81.2 Å². The average molecular weight is 606 g/mol. The van der Waals surface area contributed by atoms with Crippen molar-refractivity contribution in [3.8, 4) is 11.5 Å². The predicted molar refractivity (Wildman–Crippen MR) is 167 cm³/mol. The Bertz CT molecular complexity index is 1450. The van der Waals surface area contributed by atoms with Crippen molar-refractivity contribution in [2.24, 2.45) is 10.7 Å². The largest absolute Gasteiger partial charge is 0.504 e. The number of phenols is 1. The first-order valence-corrected chi connectivity index (χ1v) is 15.6. The van der Waals surface area contributed by atoms with E-state index in [9.17, 15) is 25.2 Å². The number of nitrogens with one attached hydrogen (secondary N) is 2. The third kappa shape index (κ3) is 7.63. The highest BCUT2D eigenvalue weighted by atomic mass is 16.5. The van der Waals surface area contributed by atoms with Crippen LogP contribution < -0.4 is 20.7 Å². The Kier molecular flexibility index (Phi) is 10.6. The van der Waals surface area contributed by atoms with E-state index in [4.69, 9.17) is 10.5 Å². The fourth-order valence-corrected chi connectivity index (χ4v) is 6.38. The summed E-state index contributed by atoms with van der Waals surface area (Å²) in [5.41, 5.74) is 14.7. The number of aliphatic imine (C=N–C) groups is 1. The number of Topliss-reactive ketones (excluding diaryl/α,β-unsaturated/α-hetero) is 1. The lowest BCUT2D eigenvalue weighted by atomic mass is 9.86. The van der Waals surface area contributed by atoms with Crippen LogP contribution >= 0.6 is 0 Å². The molecule has 2 aromatic rings. The van der Waals surface area contributed by atoms with E-state index in [0.717, 1.165) is 63.4 Å². The molecule has 2 aromatic carbocycles. The molecule has 8 N–H and O–H groups in total. The molecule has 10 heteroatoms. The Morgan fingerprint density at radius 2 is 2.07 bits per heavy atom. The van der Waals surface area contributed by atoms with Gasteiger partial charge in [-0.3, -0.25) is 20.0 Å². The molecule has 1 unspecified atom stereocenters. The number of ketones is 1. The summed E-state index contributed by atoms with van der Waals surface area (Å²) >= 11 is 0. The summed E-state index contributed by atoms with van der Waals surface area (Å²) < 4.78 is 6.03. The second-order valence-corrected chi connectivity index (χ2v) is 12.1. The standard InChI is InChI=1S/C34H44N4O6/c1-2-3-24(40)14-26(42)15-25(41)7-4-21-5-9-32(43)33(12-21)44-20-38-17-30-23(16-37-31(30)18-38)13-29-22(19-39)6-8-28-27(29)10-11-36-34(28)35/h5-6,8-9,12,16,18,24,26,34,36,39-40,42-43H,2-4,7,10-11,13-15,17,19-20,35H2,1H3/p+1/t24-,26+,34+/m0/s1. The Morgan fingerprint density at radius 1 is 1.23 bits per heavy atom. The van der Waals surface area contributed by atoms with Gasteiger partial charge in [-0.05, 0) is 71.2 Å². The minimum atomic E-state index is -0.842. The lowest BCUT2D eigenvalue weighted by molar-refractivity contribution is -0.855. The van der Waals surface area contributed by atoms with E-state index in [2.05, 4.69) is 10.3 Å². The van der Waals surface area contributed by atoms with Crippen LogP contribution in [-0.2, 0) is 30.7 Å². The zero-order valence-corrected chi connectivity index (χ0v) is 25.4. The number of carbonyl (C=O) groups excluding carboxylic acids is 1. The minimum Gasteiger partial charge on any atom is -0.504 e. The van der Waals surface area contributed by atoms with Gasteiger partial charge in [0.05, 0.1) is 25.0 Å². The Hall–Kier alpha value is -3.38. The number of aromatic hydroxyl groups is 1. The van der Waals surface area contributed by atoms with Crippen molar-refractivity contribution in [3.63, 3.8) is 0 Å². The van der Waals surface area contributed by atoms with Crippen molar-refractivity contribution in [2.45, 2.75) is 83.3 Å². The molecule has 0 spiro atoms. The molecule has 0 aliphatic carbocycles. The van der Waals surface area contributed by atoms with Gasteiger partial charge in [-0.2, -0.15) is 0 Å². The molecule has 0 aromatic heterocycles. The van der Waals surface area contributed by atoms with E-state index >= 15 is 0 Å². The molecule has 236 valence electrons. The van der Waals surface area contributed by atoms with Crippen molar-refractivity contribution in [1.82, 2.24) is 5.32 Å². The van der Waals surface area contributed by atoms with Crippen LogP contribution in [0.25, 0.3) is 0 Å². The van der Waals surface area contributed by atoms with Gasteiger partial charge in [0.1, 0.15) is 24.2 Å². The Balaban J connectivity index is 1.17. The number of aliphatic hydroxyl groups is 3. The van der Waals surface area contributed by atoms with Crippen molar-refractivity contribution >= 4 is 12.0 Å². The van der Waals surface area contributed by atoms with Crippen LogP contribution in [-0.4, -0.2) is 64.5 Å². The number of allylic oxidation sites excluding steroid dienone is 1. The first-order chi connectivity index (χ1) is 21.2. The fraction of sp³-hybridized carbons (Fsp3) is 0.471. The molecule has 5 rings (SSSR count). The van der Waals surface area contributed by atoms with Gasteiger partial charge in [-0.1, -0.05) is 31.5 Å². The molecule has 3 aliphatic rings. The number of carbonyl (C=O) groups is 1. The molecule has 10 nitrogen and oxygen atoms in total. The monoisotopic (exact) mass is 605 g/mol. The number of benzene rings is 2. The van der Waals surface area contributed by atoms with Gasteiger partial charge >= 0.3 is 0 Å². The fourth-order valence-electron chi connectivity index (χ4n) is 6.38. The van der Waals surface area contributed by atoms with Crippen LogP contribution in [0.2, 0.25) is 0 Å². The topological polar surface area (TPSA) is 162 Å². The molecule has 44 heavy (non-hydrogen) atoms. The SMILES string of the molecule is CCC[C@H](O)C[C@@H](O)CC(=O)CCc1ccc(O)c(OC[NH+]2C=C3N=CC(Cc4c(CO)ccc5c4CCN[C@H]5N)=C3C2)c1. The molecule has 4 atom stereocenters. The average Bonchev–Trinajstić information content (AvgIpc) is 3.57. The first-order valence-electron chi connectivity index (χ1n) is 15.6. The van der Waals surface area contributed by atoms with E-state index in [1.807, 2.05) is 31.5 Å². The number of nitrogens with zero attached hydrogens (tertiary/aromatic N) is 1. The van der Waals surface area contributed by atoms with Crippen LogP contribution in [0.1, 0.15) is 73.0 Å². The number of aryl methyl sites for hydroxylation is 1. The number of quaternary nitrogens is 1. The first kappa shape index (κ1) is 32.0. The van der Waals surface area contributed by atoms with Crippen LogP contribution in [0.15, 0.2) is 58.4 Å². The number of rotatable bonds is 15. The van der Waals surface area contributed by atoms with Crippen LogP contribution in [0.4, 0.5) is 0 Å². The van der Waals surface area contributed by atoms with E-state index in [1.54, 1.807) is 18.2 Å². The zero-order valence-electron chi connectivity index (χ0n) is 25.4. The smallest absolute Gasteiger partial charge is 0.227 e. The maximum atomic E-state index is 12.4. The number of hydrogen-bond acceptors (Lipinski definition) is 9. The summed E-state index contributed by atoms with van der Waals surface area (Å²) in [6.07, 6.45) is 6.24. The van der Waals surface area contributed by atoms with Crippen LogP contribution in [0.3, 0.4) is 0 Å². The molecule has 0 amide bonds. The summed E-state index contributed by atoms with van der Waals surface area (Å²) in [5.74, 6) is 0.317. The summed E-state index contributed by atoms with van der Waals surface area (Å²) in [4.78, 5) is 18.1. The maximum Gasteiger partial charge on any atom is 0.227 e. The van der Waals surface area contributed by atoms with Gasteiger partial charge in [-0.25, -0.2) is 0 Å². The summed E-state index contributed by atoms with van der Waals surface area (Å²) in [7, 11) is 0. The number of phenolic OH excluding ortho intramolecular Hbond substituents is 1. The van der Waals surface area contributed by atoms with Gasteiger partial charge in [0.25, 0.3) is 0 Å². The van der Waals surface area contributed by atoms with Gasteiger partial charge in [0.2, 0.25) is 6.73 Å². The Morgan fingerprint density at radius 3 is 2.86 bits per heavy atom. The molecular formula is C34H45N4O6+. The highest BCUT2D eigenvalue weighted by Gasteiger charge is 2.30. The molecule has 0 fully saturated rings. The minimum absolute atomic E-state index is 0.0222. The molecular weight excluding hydrogens is 560 g/mol. The number of ether oxygens (including phenoxy) is 1. The molecule has 3 aliphatic heterocycles. The van der Waals surface area contributed by atoms with E-state index in [1.165, 1.54) is 5.56 Å². The van der Waals surface area contributed by atoms with Gasteiger partial charge in [0, 0.05) is 37.6 Å². The second kappa shape index (κ2) is 14.6. The number of nitrogens with two attached hydrogens (primary N) is 1. The van der Waals surface area contributed by atoms with Crippen molar-refractivity contribution in [2.75, 3.05) is 19.8 Å². The molecule has 0 saturated carbocycles. The highest BCUT2D eigenvalue weighted by Crippen LogP contribution is 2.32. The van der Waals surface area contributed by atoms with Crippen LogP contribution in [0.5, 0.6) is 11.5 Å². The van der Waals surface area contributed by atoms with Gasteiger partial charge in [-0.15, -0.1) is 0 Å². The second-order valence-electron chi connectivity index (χ2n) is 12.1. The normalized spacial score (nSPS) is 20.3. The van der Waals surface area contributed by atoms with Gasteiger partial charge in [0.15, 0.2) is 11.5 Å². The van der Waals surface area contributed by atoms with E-state index in [0.29, 0.717) is 38.3 Å². The lowest BCUT2D eigenvalue weighted by Crippen LogP contribution is -3.07. The third-order valence-corrected chi connectivity index (χ3v) is 8.74. The van der Waals surface area contributed by atoms with E-state index in [-0.39, 0.29) is 43.6 Å². The number of fused-ring (bicyclic) bond motifs is 2. The summed E-state index contributed by atoms with van der Waals surface area (Å²) in [6, 6.07) is 9.08. The number of aliphatic hydroxyl groups excluding tert-OH is 3. The van der Waals surface area contributed by atoms with Gasteiger partial charge < -0.3 is 30.9 Å². The van der Waals surface area contributed by atoms with E-state index < -0.39 is 12.2 Å². The third-order valence-electron chi connectivity index (χ3n) is 8.74. The quantitative estimate of drug-likeness (QED) is 0.161. The zero-order chi connectivity index (χ0) is 31.2. The van der Waals surface area contributed by atoms with Crippen LogP contribution in [0, 0.1) is 0 Å². The maximum absolute atomic E-state index is 12.4. The van der Waals surface area contributed by atoms with Crippen molar-refractivity contribution in [1.29, 1.82) is 0 Å². The predicted octanol–water partition coefficient (Wildman–Crippen LogP) is 1.49. The molecule has 0 radical (unpaired) electrons. The summed E-state index contributed by atoms with van der Waals surface area (Å²) in [5, 5.41) is 43.8. The van der Waals surface area contributed by atoms with Crippen molar-refractivity contribution < 1.29 is 34.9 Å². The molecule has 0 saturated heterocycles.